The number of rotatable bonds is 5. The first-order chi connectivity index (χ1) is 13.4. The normalized spacial score (nSPS) is 23.7. The summed E-state index contributed by atoms with van der Waals surface area (Å²) in [6, 6.07) is 7.90. The van der Waals surface area contributed by atoms with E-state index in [1.54, 1.807) is 23.5 Å². The fourth-order valence-electron chi connectivity index (χ4n) is 4.84. The van der Waals surface area contributed by atoms with Crippen molar-refractivity contribution in [2.45, 2.75) is 51.1 Å². The van der Waals surface area contributed by atoms with Crippen molar-refractivity contribution in [3.63, 3.8) is 0 Å². The molecule has 2 unspecified atom stereocenters. The molecule has 0 radical (unpaired) electrons. The van der Waals surface area contributed by atoms with Gasteiger partial charge in [0.2, 0.25) is 5.91 Å². The van der Waals surface area contributed by atoms with Gasteiger partial charge in [-0.3, -0.25) is 9.59 Å². The highest BCUT2D eigenvalue weighted by atomic mass is 35.5. The van der Waals surface area contributed by atoms with E-state index in [1.165, 1.54) is 30.7 Å². The van der Waals surface area contributed by atoms with Gasteiger partial charge in [0.15, 0.2) is 0 Å². The summed E-state index contributed by atoms with van der Waals surface area (Å²) in [6.07, 6.45) is 5.25. The minimum Gasteiger partial charge on any atom is -0.366 e. The summed E-state index contributed by atoms with van der Waals surface area (Å²) in [7, 11) is 2.34. The van der Waals surface area contributed by atoms with Gasteiger partial charge in [-0.15, -0.1) is 11.3 Å². The second-order valence-corrected chi connectivity index (χ2v) is 10.0. The average molecular weight is 418 g/mol. The highest BCUT2D eigenvalue weighted by Crippen LogP contribution is 2.41. The van der Waals surface area contributed by atoms with Crippen LogP contribution in [0.25, 0.3) is 0 Å². The lowest BCUT2D eigenvalue weighted by molar-refractivity contribution is -0.952. The van der Waals surface area contributed by atoms with Crippen molar-refractivity contribution >= 4 is 34.6 Å². The molecular weight excluding hydrogens is 392 g/mol. The lowest BCUT2D eigenvalue weighted by Gasteiger charge is -2.47. The Balaban J connectivity index is 1.59. The third kappa shape index (κ3) is 3.76. The van der Waals surface area contributed by atoms with Crippen LogP contribution in [-0.2, 0) is 30.6 Å². The molecule has 2 aliphatic heterocycles. The second kappa shape index (κ2) is 7.62. The number of quaternary nitrogens is 1. The number of amides is 1. The quantitative estimate of drug-likeness (QED) is 0.749. The maximum Gasteiger partial charge on any atom is 0.250 e. The number of fused-ring (bicyclic) bond motifs is 2. The number of carbonyl (C=O) groups excluding carboxylic acids is 2. The summed E-state index contributed by atoms with van der Waals surface area (Å²) in [6.45, 7) is 2.15. The lowest BCUT2D eigenvalue weighted by Crippen LogP contribution is -2.57. The molecule has 2 aromatic rings. The van der Waals surface area contributed by atoms with Gasteiger partial charge in [0.1, 0.15) is 12.3 Å². The molecule has 1 saturated heterocycles. The first kappa shape index (κ1) is 19.6. The van der Waals surface area contributed by atoms with Gasteiger partial charge in [-0.2, -0.15) is 0 Å². The molecule has 1 aromatic heterocycles. The minimum absolute atomic E-state index is 0.0986. The Labute approximate surface area is 174 Å². The first-order valence-corrected chi connectivity index (χ1v) is 11.1. The Hall–Kier alpha value is -1.69. The number of nitrogens with zero attached hydrogens (tertiary/aromatic N) is 1. The Morgan fingerprint density at radius 3 is 2.68 bits per heavy atom. The Kier molecular flexibility index (Phi) is 5.34. The van der Waals surface area contributed by atoms with E-state index in [0.29, 0.717) is 23.0 Å². The molecule has 1 fully saturated rings. The summed E-state index contributed by atoms with van der Waals surface area (Å²) in [5.74, 6) is -0.291. The van der Waals surface area contributed by atoms with Crippen molar-refractivity contribution in [3.05, 3.63) is 55.7 Å². The molecule has 28 heavy (non-hydrogen) atoms. The summed E-state index contributed by atoms with van der Waals surface area (Å²) < 4.78 is 1.06. The summed E-state index contributed by atoms with van der Waals surface area (Å²) >= 11 is 7.55. The molecule has 1 amide bonds. The zero-order chi connectivity index (χ0) is 19.9. The number of likely N-dealkylation sites (N-methyl/N-ethyl adjacent to an activating group) is 1. The maximum atomic E-state index is 12.7. The van der Waals surface area contributed by atoms with Crippen molar-refractivity contribution < 1.29 is 14.1 Å². The molecule has 3 heterocycles. The molecule has 2 N–H and O–H groups in total. The number of hydrogen-bond acceptors (Lipinski definition) is 3. The Bertz CT molecular complexity index is 921. The van der Waals surface area contributed by atoms with Crippen LogP contribution >= 0.6 is 22.9 Å². The van der Waals surface area contributed by atoms with Crippen LogP contribution in [0.2, 0.25) is 5.02 Å². The van der Waals surface area contributed by atoms with Gasteiger partial charge in [-0.25, -0.2) is 0 Å². The van der Waals surface area contributed by atoms with Gasteiger partial charge in [0, 0.05) is 29.2 Å². The minimum atomic E-state index is -0.390. The molecule has 1 aromatic carbocycles. The van der Waals surface area contributed by atoms with E-state index in [4.69, 9.17) is 17.3 Å². The predicted molar refractivity (Wildman–Crippen MR) is 113 cm³/mol. The van der Waals surface area contributed by atoms with Crippen molar-refractivity contribution in [3.8, 4) is 0 Å². The number of primary amides is 1. The number of ketones is 1. The molecule has 0 aliphatic carbocycles. The summed E-state index contributed by atoms with van der Waals surface area (Å²) in [5.41, 5.74) is 8.45. The standard InChI is InChI=1S/C22H25ClN2O2S/c1-25-9-3-2-4-16(25)11-18-20(13-25)28-19(21(18)22(24)27)12-17(26)10-14-5-7-15(23)8-6-14/h5-8,16H,2-4,9-13H2,1H3,(H-,24,27)/p+1. The van der Waals surface area contributed by atoms with E-state index in [0.717, 1.165) is 33.5 Å². The summed E-state index contributed by atoms with van der Waals surface area (Å²) in [4.78, 5) is 27.1. The number of halogens is 1. The fourth-order valence-corrected chi connectivity index (χ4v) is 6.49. The van der Waals surface area contributed by atoms with Gasteiger partial charge in [-0.1, -0.05) is 23.7 Å². The third-order valence-electron chi connectivity index (χ3n) is 6.36. The fraction of sp³-hybridized carbons (Fsp3) is 0.455. The molecule has 4 rings (SSSR count). The third-order valence-corrected chi connectivity index (χ3v) is 7.83. The van der Waals surface area contributed by atoms with Crippen molar-refractivity contribution in [2.24, 2.45) is 5.73 Å². The maximum absolute atomic E-state index is 12.7. The average Bonchev–Trinajstić information content (AvgIpc) is 2.97. The van der Waals surface area contributed by atoms with Crippen LogP contribution < -0.4 is 5.73 Å². The van der Waals surface area contributed by atoms with Gasteiger partial charge < -0.3 is 10.2 Å². The summed E-state index contributed by atoms with van der Waals surface area (Å²) in [5, 5.41) is 0.659. The first-order valence-electron chi connectivity index (χ1n) is 9.89. The zero-order valence-corrected chi connectivity index (χ0v) is 17.7. The molecule has 0 bridgehead atoms. The molecule has 0 spiro atoms. The number of piperidine rings is 1. The van der Waals surface area contributed by atoms with Crippen LogP contribution in [0.15, 0.2) is 24.3 Å². The van der Waals surface area contributed by atoms with Crippen LogP contribution in [0.5, 0.6) is 0 Å². The van der Waals surface area contributed by atoms with Crippen LogP contribution in [-0.4, -0.2) is 35.8 Å². The van der Waals surface area contributed by atoms with Gasteiger partial charge in [0.25, 0.3) is 0 Å². The largest absolute Gasteiger partial charge is 0.366 e. The number of thiophene rings is 1. The molecule has 0 saturated carbocycles. The highest BCUT2D eigenvalue weighted by molar-refractivity contribution is 7.12. The topological polar surface area (TPSA) is 60.2 Å². The van der Waals surface area contributed by atoms with Gasteiger partial charge in [0.05, 0.1) is 30.1 Å². The van der Waals surface area contributed by atoms with E-state index < -0.39 is 5.91 Å². The lowest BCUT2D eigenvalue weighted by atomic mass is 9.87. The molecule has 148 valence electrons. The molecule has 2 aliphatic rings. The SMILES string of the molecule is C[N+]12CCCCC1Cc1c(sc(CC(=O)Cc3ccc(Cl)cc3)c1C(N)=O)C2. The monoisotopic (exact) mass is 417 g/mol. The van der Waals surface area contributed by atoms with Gasteiger partial charge in [-0.05, 0) is 42.5 Å². The van der Waals surface area contributed by atoms with E-state index in [9.17, 15) is 9.59 Å². The number of nitrogens with two attached hydrogens (primary N) is 1. The van der Waals surface area contributed by atoms with E-state index in [-0.39, 0.29) is 12.2 Å². The van der Waals surface area contributed by atoms with Crippen molar-refractivity contribution in [1.29, 1.82) is 0 Å². The Morgan fingerprint density at radius 2 is 1.96 bits per heavy atom. The van der Waals surface area contributed by atoms with E-state index in [2.05, 4.69) is 7.05 Å². The van der Waals surface area contributed by atoms with Crippen LogP contribution in [0.1, 0.15) is 50.5 Å². The molecule has 6 heteroatoms. The molecule has 2 atom stereocenters. The van der Waals surface area contributed by atoms with Crippen molar-refractivity contribution in [2.75, 3.05) is 13.6 Å². The van der Waals surface area contributed by atoms with E-state index in [1.807, 2.05) is 12.1 Å². The highest BCUT2D eigenvalue weighted by Gasteiger charge is 2.42. The van der Waals surface area contributed by atoms with Crippen LogP contribution in [0.4, 0.5) is 0 Å². The van der Waals surface area contributed by atoms with Crippen molar-refractivity contribution in [1.82, 2.24) is 0 Å². The number of carbonyl (C=O) groups is 2. The van der Waals surface area contributed by atoms with E-state index >= 15 is 0 Å². The Morgan fingerprint density at radius 1 is 1.21 bits per heavy atom. The van der Waals surface area contributed by atoms with Gasteiger partial charge >= 0.3 is 0 Å². The second-order valence-electron chi connectivity index (χ2n) is 8.40. The molecule has 4 nitrogen and oxygen atoms in total. The molecular formula is C22H26ClN2O2S+. The predicted octanol–water partition coefficient (Wildman–Crippen LogP) is 3.91. The number of Topliss-reactive ketones (excluding diaryl/α,β-unsaturated/α-hetero) is 1. The van der Waals surface area contributed by atoms with Crippen LogP contribution in [0.3, 0.4) is 0 Å². The number of hydrogen-bond donors (Lipinski definition) is 1. The smallest absolute Gasteiger partial charge is 0.250 e. The zero-order valence-electron chi connectivity index (χ0n) is 16.2. The van der Waals surface area contributed by atoms with Crippen LogP contribution in [0, 0.1) is 0 Å². The number of benzene rings is 1.